The Balaban J connectivity index is 1.90. The maximum atomic E-state index is 11.9. The molecule has 0 fully saturated rings. The molecule has 0 atom stereocenters. The molecule has 1 amide bonds. The molecule has 100 valence electrons. The number of alkyl halides is 1. The van der Waals surface area contributed by atoms with Gasteiger partial charge in [-0.3, -0.25) is 4.79 Å². The van der Waals surface area contributed by atoms with Crippen molar-refractivity contribution in [3.05, 3.63) is 40.1 Å². The number of nitrogens with zero attached hydrogens (tertiary/aromatic N) is 2. The molecule has 2 aromatic rings. The van der Waals surface area contributed by atoms with Gasteiger partial charge in [0, 0.05) is 10.0 Å². The number of amides is 1. The van der Waals surface area contributed by atoms with Gasteiger partial charge in [-0.25, -0.2) is 4.98 Å². The number of nitrogens with one attached hydrogen (secondary N) is 1. The number of rotatable bonds is 5. The zero-order chi connectivity index (χ0) is 13.7. The maximum Gasteiger partial charge on any atom is 0.251 e. The van der Waals surface area contributed by atoms with Crippen molar-refractivity contribution in [2.24, 2.45) is 0 Å². The van der Waals surface area contributed by atoms with Crippen LogP contribution in [-0.4, -0.2) is 20.5 Å². The number of carbonyl (C=O) groups is 1. The Hall–Kier alpha value is -0.630. The maximum absolute atomic E-state index is 11.9. The Bertz CT molecular complexity index is 561. The minimum Gasteiger partial charge on any atom is -0.345 e. The Morgan fingerprint density at radius 1 is 1.42 bits per heavy atom. The van der Waals surface area contributed by atoms with Crippen molar-refractivity contribution in [3.8, 4) is 0 Å². The van der Waals surface area contributed by atoms with E-state index in [4.69, 9.17) is 11.6 Å². The molecule has 0 aliphatic rings. The molecule has 1 aromatic carbocycles. The molecule has 0 spiro atoms. The van der Waals surface area contributed by atoms with Crippen LogP contribution in [0.5, 0.6) is 0 Å². The van der Waals surface area contributed by atoms with Gasteiger partial charge in [-0.1, -0.05) is 27.7 Å². The third-order valence-electron chi connectivity index (χ3n) is 2.14. The lowest BCUT2D eigenvalue weighted by Gasteiger charge is -2.02. The van der Waals surface area contributed by atoms with Gasteiger partial charge < -0.3 is 5.32 Å². The number of hydrogen-bond acceptors (Lipinski definition) is 5. The lowest BCUT2D eigenvalue weighted by Crippen LogP contribution is -2.23. The van der Waals surface area contributed by atoms with Crippen LogP contribution in [0.2, 0.25) is 0 Å². The normalized spacial score (nSPS) is 10.4. The minimum absolute atomic E-state index is 0.145. The van der Waals surface area contributed by atoms with Crippen molar-refractivity contribution in [3.63, 3.8) is 0 Å². The fourth-order valence-corrected chi connectivity index (χ4v) is 3.24. The number of halogens is 2. The number of aromatic nitrogens is 2. The molecular formula is C11H9BrClN3OS2. The largest absolute Gasteiger partial charge is 0.345 e. The van der Waals surface area contributed by atoms with Crippen LogP contribution >= 0.6 is 50.8 Å². The zero-order valence-corrected chi connectivity index (χ0v) is 13.6. The third kappa shape index (κ3) is 4.45. The predicted molar refractivity (Wildman–Crippen MR) is 81.8 cm³/mol. The molecule has 0 aliphatic carbocycles. The SMILES string of the molecule is O=C(NCc1nsc(SCCl)n1)c1ccc(Br)cc1. The van der Waals surface area contributed by atoms with Crippen LogP contribution in [0, 0.1) is 0 Å². The van der Waals surface area contributed by atoms with E-state index in [9.17, 15) is 4.79 Å². The second-order valence-electron chi connectivity index (χ2n) is 3.42. The van der Waals surface area contributed by atoms with Crippen LogP contribution in [0.3, 0.4) is 0 Å². The van der Waals surface area contributed by atoms with Crippen molar-refractivity contribution < 1.29 is 4.79 Å². The van der Waals surface area contributed by atoms with Crippen LogP contribution in [0.1, 0.15) is 16.2 Å². The van der Waals surface area contributed by atoms with E-state index in [1.54, 1.807) is 12.1 Å². The second-order valence-corrected chi connectivity index (χ2v) is 6.89. The van der Waals surface area contributed by atoms with Gasteiger partial charge in [0.15, 0.2) is 10.2 Å². The van der Waals surface area contributed by atoms with Crippen molar-refractivity contribution >= 4 is 56.7 Å². The van der Waals surface area contributed by atoms with Crippen molar-refractivity contribution in [1.29, 1.82) is 0 Å². The first-order valence-electron chi connectivity index (χ1n) is 5.24. The average molecular weight is 379 g/mol. The molecular weight excluding hydrogens is 370 g/mol. The number of thioether (sulfide) groups is 1. The summed E-state index contributed by atoms with van der Waals surface area (Å²) in [6.45, 7) is 0.314. The highest BCUT2D eigenvalue weighted by atomic mass is 79.9. The first kappa shape index (κ1) is 14.8. The van der Waals surface area contributed by atoms with Gasteiger partial charge >= 0.3 is 0 Å². The molecule has 2 rings (SSSR count). The van der Waals surface area contributed by atoms with Gasteiger partial charge in [0.05, 0.1) is 11.8 Å². The second kappa shape index (κ2) is 7.23. The number of benzene rings is 1. The van der Waals surface area contributed by atoms with E-state index in [1.807, 2.05) is 12.1 Å². The molecule has 4 nitrogen and oxygen atoms in total. The van der Waals surface area contributed by atoms with Gasteiger partial charge in [-0.05, 0) is 35.8 Å². The van der Waals surface area contributed by atoms with Crippen molar-refractivity contribution in [2.45, 2.75) is 10.9 Å². The molecule has 0 bridgehead atoms. The molecule has 0 unspecified atom stereocenters. The van der Waals surface area contributed by atoms with Crippen LogP contribution in [-0.2, 0) is 6.54 Å². The summed E-state index contributed by atoms with van der Waals surface area (Å²) in [7, 11) is 0. The number of carbonyl (C=O) groups excluding carboxylic acids is 1. The zero-order valence-electron chi connectivity index (χ0n) is 9.60. The number of hydrogen-bond donors (Lipinski definition) is 1. The lowest BCUT2D eigenvalue weighted by molar-refractivity contribution is 0.0950. The van der Waals surface area contributed by atoms with Crippen LogP contribution in [0.4, 0.5) is 0 Å². The Morgan fingerprint density at radius 2 is 2.16 bits per heavy atom. The molecule has 0 saturated heterocycles. The molecule has 0 radical (unpaired) electrons. The molecule has 1 N–H and O–H groups in total. The molecule has 0 saturated carbocycles. The standard InChI is InChI=1S/C11H9BrClN3OS2/c12-8-3-1-7(2-4-8)10(17)14-5-9-15-11(18-6-13)19-16-9/h1-4H,5-6H2,(H,14,17). The van der Waals surface area contributed by atoms with Crippen molar-refractivity contribution in [1.82, 2.24) is 14.7 Å². The quantitative estimate of drug-likeness (QED) is 0.639. The summed E-state index contributed by atoms with van der Waals surface area (Å²) in [5, 5.41) is 3.22. The van der Waals surface area contributed by atoms with E-state index >= 15 is 0 Å². The smallest absolute Gasteiger partial charge is 0.251 e. The van der Waals surface area contributed by atoms with Crippen molar-refractivity contribution in [2.75, 3.05) is 5.21 Å². The topological polar surface area (TPSA) is 54.9 Å². The highest BCUT2D eigenvalue weighted by Gasteiger charge is 2.08. The fourth-order valence-electron chi connectivity index (χ4n) is 1.28. The summed E-state index contributed by atoms with van der Waals surface area (Å²) in [6.07, 6.45) is 0. The van der Waals surface area contributed by atoms with E-state index in [0.29, 0.717) is 23.1 Å². The van der Waals surface area contributed by atoms with E-state index in [-0.39, 0.29) is 5.91 Å². The highest BCUT2D eigenvalue weighted by Crippen LogP contribution is 2.20. The molecule has 1 heterocycles. The summed E-state index contributed by atoms with van der Waals surface area (Å²) in [6, 6.07) is 7.15. The first-order valence-corrected chi connectivity index (χ1v) is 8.33. The van der Waals surface area contributed by atoms with E-state index in [1.165, 1.54) is 23.3 Å². The monoisotopic (exact) mass is 377 g/mol. The molecule has 19 heavy (non-hydrogen) atoms. The Morgan fingerprint density at radius 3 is 2.84 bits per heavy atom. The van der Waals surface area contributed by atoms with Crippen LogP contribution in [0.15, 0.2) is 33.1 Å². The minimum atomic E-state index is -0.145. The van der Waals surface area contributed by atoms with Gasteiger partial charge in [0.25, 0.3) is 5.91 Å². The van der Waals surface area contributed by atoms with Gasteiger partial charge in [-0.2, -0.15) is 4.37 Å². The van der Waals surface area contributed by atoms with Gasteiger partial charge in [0.2, 0.25) is 0 Å². The van der Waals surface area contributed by atoms with Crippen LogP contribution in [0.25, 0.3) is 0 Å². The fraction of sp³-hybridized carbons (Fsp3) is 0.182. The average Bonchev–Trinajstić information content (AvgIpc) is 2.85. The Labute approximate surface area is 132 Å². The summed E-state index contributed by atoms with van der Waals surface area (Å²) in [5.41, 5.74) is 0.605. The Kier molecular flexibility index (Phi) is 5.62. The lowest BCUT2D eigenvalue weighted by atomic mass is 10.2. The summed E-state index contributed by atoms with van der Waals surface area (Å²) in [5.74, 6) is 0.455. The summed E-state index contributed by atoms with van der Waals surface area (Å²) < 4.78 is 5.89. The van der Waals surface area contributed by atoms with E-state index in [2.05, 4.69) is 30.6 Å². The first-order chi connectivity index (χ1) is 9.19. The van der Waals surface area contributed by atoms with E-state index in [0.717, 1.165) is 8.81 Å². The predicted octanol–water partition coefficient (Wildman–Crippen LogP) is 3.52. The third-order valence-corrected chi connectivity index (χ3v) is 4.57. The van der Waals surface area contributed by atoms with Gasteiger partial charge in [0.1, 0.15) is 0 Å². The summed E-state index contributed by atoms with van der Waals surface area (Å²) in [4.78, 5) is 16.1. The molecule has 0 aliphatic heterocycles. The highest BCUT2D eigenvalue weighted by molar-refractivity contribution is 9.10. The van der Waals surface area contributed by atoms with Crippen LogP contribution < -0.4 is 5.32 Å². The summed E-state index contributed by atoms with van der Waals surface area (Å²) >= 11 is 11.6. The molecule has 1 aromatic heterocycles. The molecule has 8 heteroatoms. The van der Waals surface area contributed by atoms with Gasteiger partial charge in [-0.15, -0.1) is 11.6 Å². The van der Waals surface area contributed by atoms with E-state index < -0.39 is 0 Å².